The fourth-order valence-corrected chi connectivity index (χ4v) is 2.84. The van der Waals surface area contributed by atoms with Gasteiger partial charge in [0.15, 0.2) is 11.5 Å². The number of anilines is 1. The van der Waals surface area contributed by atoms with Gasteiger partial charge in [-0.1, -0.05) is 12.1 Å². The summed E-state index contributed by atoms with van der Waals surface area (Å²) in [4.78, 5) is 8.72. The van der Waals surface area contributed by atoms with E-state index in [0.29, 0.717) is 34.4 Å². The number of nitrogens with two attached hydrogens (primary N) is 1. The maximum absolute atomic E-state index is 5.97. The van der Waals surface area contributed by atoms with E-state index in [1.807, 2.05) is 42.5 Å². The Morgan fingerprint density at radius 2 is 1.30 bits per heavy atom. The first kappa shape index (κ1) is 18.3. The van der Waals surface area contributed by atoms with Gasteiger partial charge < -0.3 is 24.7 Å². The van der Waals surface area contributed by atoms with Gasteiger partial charge in [-0.3, -0.25) is 0 Å². The van der Waals surface area contributed by atoms with E-state index in [0.717, 1.165) is 11.1 Å². The van der Waals surface area contributed by atoms with Gasteiger partial charge in [0.1, 0.15) is 5.75 Å². The van der Waals surface area contributed by atoms with Crippen LogP contribution in [0.15, 0.2) is 42.5 Å². The quantitative estimate of drug-likeness (QED) is 0.714. The second kappa shape index (κ2) is 7.82. The number of nitrogens with zero attached hydrogens (tertiary/aromatic N) is 2. The Labute approximate surface area is 157 Å². The van der Waals surface area contributed by atoms with Gasteiger partial charge in [0.25, 0.3) is 0 Å². The molecule has 0 aliphatic heterocycles. The van der Waals surface area contributed by atoms with E-state index in [4.69, 9.17) is 24.7 Å². The van der Waals surface area contributed by atoms with Crippen molar-refractivity contribution in [3.63, 3.8) is 0 Å². The van der Waals surface area contributed by atoms with Crippen LogP contribution >= 0.6 is 0 Å². The van der Waals surface area contributed by atoms with Gasteiger partial charge in [-0.2, -0.15) is 0 Å². The standard InChI is InChI=1S/C20H21N3O4/c1-24-16-8-6-5-7-13(16)15-11-14(22-20(21)23-15)12-9-17(25-2)19(27-4)18(10-12)26-3/h5-11H,1-4H3,(H2,21,22,23). The highest BCUT2D eigenvalue weighted by atomic mass is 16.5. The number of benzene rings is 2. The van der Waals surface area contributed by atoms with Crippen molar-refractivity contribution in [1.29, 1.82) is 0 Å². The Kier molecular flexibility index (Phi) is 5.30. The van der Waals surface area contributed by atoms with E-state index < -0.39 is 0 Å². The molecule has 0 spiro atoms. The molecule has 0 saturated carbocycles. The van der Waals surface area contributed by atoms with E-state index in [9.17, 15) is 0 Å². The SMILES string of the molecule is COc1ccccc1-c1cc(-c2cc(OC)c(OC)c(OC)c2)nc(N)n1. The van der Waals surface area contributed by atoms with Crippen molar-refractivity contribution in [3.8, 4) is 45.5 Å². The zero-order valence-electron chi connectivity index (χ0n) is 15.6. The van der Waals surface area contributed by atoms with Crippen molar-refractivity contribution >= 4 is 5.95 Å². The second-order valence-electron chi connectivity index (χ2n) is 5.61. The van der Waals surface area contributed by atoms with E-state index in [1.54, 1.807) is 28.4 Å². The van der Waals surface area contributed by atoms with Gasteiger partial charge in [-0.15, -0.1) is 0 Å². The minimum atomic E-state index is 0.155. The van der Waals surface area contributed by atoms with Gasteiger partial charge in [0.05, 0.1) is 39.8 Å². The molecule has 0 atom stereocenters. The maximum Gasteiger partial charge on any atom is 0.221 e. The first-order chi connectivity index (χ1) is 13.1. The molecule has 0 bridgehead atoms. The third-order valence-electron chi connectivity index (χ3n) is 4.09. The monoisotopic (exact) mass is 367 g/mol. The summed E-state index contributed by atoms with van der Waals surface area (Å²) in [6, 6.07) is 13.1. The lowest BCUT2D eigenvalue weighted by Gasteiger charge is -2.15. The Morgan fingerprint density at radius 3 is 1.89 bits per heavy atom. The summed E-state index contributed by atoms with van der Waals surface area (Å²) < 4.78 is 21.6. The number of aromatic nitrogens is 2. The molecule has 0 unspecified atom stereocenters. The van der Waals surface area contributed by atoms with Gasteiger partial charge in [0.2, 0.25) is 11.7 Å². The second-order valence-corrected chi connectivity index (χ2v) is 5.61. The molecule has 1 heterocycles. The number of hydrogen-bond donors (Lipinski definition) is 1. The summed E-state index contributed by atoms with van der Waals surface area (Å²) in [6.07, 6.45) is 0. The molecule has 0 aliphatic rings. The smallest absolute Gasteiger partial charge is 0.221 e. The van der Waals surface area contributed by atoms with Crippen LogP contribution in [0.1, 0.15) is 0 Å². The third-order valence-corrected chi connectivity index (χ3v) is 4.09. The first-order valence-corrected chi connectivity index (χ1v) is 8.19. The number of methoxy groups -OCH3 is 4. The largest absolute Gasteiger partial charge is 0.496 e. The van der Waals surface area contributed by atoms with Crippen molar-refractivity contribution in [2.75, 3.05) is 34.2 Å². The molecule has 0 aliphatic carbocycles. The Hall–Kier alpha value is -3.48. The molecule has 27 heavy (non-hydrogen) atoms. The number of ether oxygens (including phenoxy) is 4. The molecule has 7 nitrogen and oxygen atoms in total. The van der Waals surface area contributed by atoms with Crippen molar-refractivity contribution in [2.24, 2.45) is 0 Å². The van der Waals surface area contributed by atoms with Crippen LogP contribution in [0.4, 0.5) is 5.95 Å². The minimum absolute atomic E-state index is 0.155. The van der Waals surface area contributed by atoms with Crippen LogP contribution in [-0.4, -0.2) is 38.4 Å². The van der Waals surface area contributed by atoms with Crippen molar-refractivity contribution in [1.82, 2.24) is 9.97 Å². The molecule has 0 saturated heterocycles. The van der Waals surface area contributed by atoms with Gasteiger partial charge in [-0.25, -0.2) is 9.97 Å². The molecule has 3 aromatic rings. The predicted octanol–water partition coefficient (Wildman–Crippen LogP) is 3.43. The number of para-hydroxylation sites is 1. The van der Waals surface area contributed by atoms with Crippen LogP contribution in [-0.2, 0) is 0 Å². The average Bonchev–Trinajstić information content (AvgIpc) is 2.71. The molecule has 2 aromatic carbocycles. The topological polar surface area (TPSA) is 88.7 Å². The fraction of sp³-hybridized carbons (Fsp3) is 0.200. The zero-order valence-corrected chi connectivity index (χ0v) is 15.6. The van der Waals surface area contributed by atoms with Gasteiger partial charge in [-0.05, 0) is 30.3 Å². The maximum atomic E-state index is 5.97. The first-order valence-electron chi connectivity index (χ1n) is 8.19. The van der Waals surface area contributed by atoms with Crippen molar-refractivity contribution in [2.45, 2.75) is 0 Å². The van der Waals surface area contributed by atoms with E-state index in [2.05, 4.69) is 9.97 Å². The van der Waals surface area contributed by atoms with Crippen LogP contribution in [0.2, 0.25) is 0 Å². The number of hydrogen-bond acceptors (Lipinski definition) is 7. The minimum Gasteiger partial charge on any atom is -0.496 e. The third kappa shape index (κ3) is 3.57. The molecule has 3 rings (SSSR count). The molecule has 7 heteroatoms. The summed E-state index contributed by atoms with van der Waals surface area (Å²) in [5, 5.41) is 0. The van der Waals surface area contributed by atoms with Crippen molar-refractivity contribution < 1.29 is 18.9 Å². The average molecular weight is 367 g/mol. The van der Waals surface area contributed by atoms with Crippen LogP contribution in [0, 0.1) is 0 Å². The highest BCUT2D eigenvalue weighted by Gasteiger charge is 2.17. The summed E-state index contributed by atoms with van der Waals surface area (Å²) in [6.45, 7) is 0. The predicted molar refractivity (Wildman–Crippen MR) is 104 cm³/mol. The Bertz CT molecular complexity index is 935. The normalized spacial score (nSPS) is 10.4. The van der Waals surface area contributed by atoms with Crippen LogP contribution < -0.4 is 24.7 Å². The van der Waals surface area contributed by atoms with Crippen LogP contribution in [0.5, 0.6) is 23.0 Å². The highest BCUT2D eigenvalue weighted by molar-refractivity contribution is 5.75. The number of rotatable bonds is 6. The lowest BCUT2D eigenvalue weighted by atomic mass is 10.1. The molecule has 0 amide bonds. The molecular weight excluding hydrogens is 346 g/mol. The van der Waals surface area contributed by atoms with E-state index >= 15 is 0 Å². The number of nitrogen functional groups attached to an aromatic ring is 1. The van der Waals surface area contributed by atoms with Gasteiger partial charge >= 0.3 is 0 Å². The Morgan fingerprint density at radius 1 is 0.704 bits per heavy atom. The molecule has 0 radical (unpaired) electrons. The molecule has 0 fully saturated rings. The summed E-state index contributed by atoms with van der Waals surface area (Å²) in [5.74, 6) is 2.43. The lowest BCUT2D eigenvalue weighted by Crippen LogP contribution is -2.01. The van der Waals surface area contributed by atoms with Crippen molar-refractivity contribution in [3.05, 3.63) is 42.5 Å². The highest BCUT2D eigenvalue weighted by Crippen LogP contribution is 2.41. The van der Waals surface area contributed by atoms with Crippen LogP contribution in [0.3, 0.4) is 0 Å². The molecule has 2 N–H and O–H groups in total. The fourth-order valence-electron chi connectivity index (χ4n) is 2.84. The Balaban J connectivity index is 2.17. The molecule has 1 aromatic heterocycles. The van der Waals surface area contributed by atoms with Gasteiger partial charge in [0, 0.05) is 11.1 Å². The molecular formula is C20H21N3O4. The molecule has 140 valence electrons. The lowest BCUT2D eigenvalue weighted by molar-refractivity contribution is 0.324. The summed E-state index contributed by atoms with van der Waals surface area (Å²) in [7, 11) is 6.30. The van der Waals surface area contributed by atoms with Crippen LogP contribution in [0.25, 0.3) is 22.5 Å². The summed E-state index contributed by atoms with van der Waals surface area (Å²) >= 11 is 0. The summed E-state index contributed by atoms with van der Waals surface area (Å²) in [5.41, 5.74) is 8.84. The van der Waals surface area contributed by atoms with E-state index in [1.165, 1.54) is 0 Å². The zero-order chi connectivity index (χ0) is 19.4. The van der Waals surface area contributed by atoms with E-state index in [-0.39, 0.29) is 5.95 Å².